The average molecular weight is 334 g/mol. The number of hydrogen-bond donors (Lipinski definition) is 0. The summed E-state index contributed by atoms with van der Waals surface area (Å²) in [4.78, 5) is 12.0. The van der Waals surface area contributed by atoms with Crippen molar-refractivity contribution >= 4 is 23.0 Å². The molecule has 0 saturated carbocycles. The minimum Gasteiger partial charge on any atom is -0.298 e. The maximum absolute atomic E-state index is 12.0. The van der Waals surface area contributed by atoms with Crippen molar-refractivity contribution in [2.45, 2.75) is 6.92 Å². The molecule has 126 valence electrons. The van der Waals surface area contributed by atoms with Crippen molar-refractivity contribution < 1.29 is 4.79 Å². The average Bonchev–Trinajstić information content (AvgIpc) is 2.93. The van der Waals surface area contributed by atoms with Gasteiger partial charge in [0.15, 0.2) is 5.70 Å². The van der Waals surface area contributed by atoms with Crippen molar-refractivity contribution in [3.63, 3.8) is 0 Å². The lowest BCUT2D eigenvalue weighted by Crippen LogP contribution is -2.34. The molecule has 0 atom stereocenters. The molecule has 0 spiro atoms. The highest BCUT2D eigenvalue weighted by Crippen LogP contribution is 2.31. The normalized spacial score (nSPS) is 14.8. The van der Waals surface area contributed by atoms with Crippen molar-refractivity contribution in [1.29, 1.82) is 0 Å². The van der Waals surface area contributed by atoms with E-state index in [1.807, 2.05) is 55.5 Å². The maximum atomic E-state index is 12.0. The van der Waals surface area contributed by atoms with Gasteiger partial charge in [0.1, 0.15) is 11.4 Å². The van der Waals surface area contributed by atoms with Gasteiger partial charge in [-0.2, -0.15) is 5.11 Å². The lowest BCUT2D eigenvalue weighted by atomic mass is 10.1. The van der Waals surface area contributed by atoms with Crippen molar-refractivity contribution in [2.75, 3.05) is 21.1 Å². The second-order valence-corrected chi connectivity index (χ2v) is 6.75. The van der Waals surface area contributed by atoms with Crippen molar-refractivity contribution in [2.24, 2.45) is 20.5 Å². The van der Waals surface area contributed by atoms with Gasteiger partial charge >= 0.3 is 5.91 Å². The molecule has 2 aromatic rings. The van der Waals surface area contributed by atoms with Crippen LogP contribution in [0.4, 0.5) is 11.4 Å². The first-order valence-electron chi connectivity index (χ1n) is 7.96. The van der Waals surface area contributed by atoms with E-state index in [0.29, 0.717) is 15.9 Å². The van der Waals surface area contributed by atoms with E-state index in [-0.39, 0.29) is 5.70 Å². The first kappa shape index (κ1) is 16.9. The summed E-state index contributed by atoms with van der Waals surface area (Å²) in [6.07, 6.45) is 0. The number of quaternary nitrogens is 1. The van der Waals surface area contributed by atoms with Gasteiger partial charge < -0.3 is 0 Å². The highest BCUT2D eigenvalue weighted by atomic mass is 16.2. The quantitative estimate of drug-likeness (QED) is 0.593. The van der Waals surface area contributed by atoms with E-state index < -0.39 is 5.91 Å². The molecular formula is C19H20N5O+. The summed E-state index contributed by atoms with van der Waals surface area (Å²) in [5.74, 6) is -0.468. The molecule has 0 fully saturated rings. The Labute approximate surface area is 146 Å². The molecule has 0 aromatic heterocycles. The van der Waals surface area contributed by atoms with Gasteiger partial charge in [-0.1, -0.05) is 30.3 Å². The van der Waals surface area contributed by atoms with Crippen LogP contribution in [-0.4, -0.2) is 27.1 Å². The predicted octanol–water partition coefficient (Wildman–Crippen LogP) is 4.64. The van der Waals surface area contributed by atoms with Crippen LogP contribution in [0.2, 0.25) is 0 Å². The number of amides is 1. The molecule has 1 aliphatic heterocycles. The van der Waals surface area contributed by atoms with Gasteiger partial charge in [-0.3, -0.25) is 9.28 Å². The fraction of sp³-hybridized carbons (Fsp3) is 0.211. The summed E-state index contributed by atoms with van der Waals surface area (Å²) in [5, 5.41) is 16.0. The summed E-state index contributed by atoms with van der Waals surface area (Å²) in [6.45, 7) is 1.96. The number of azo groups is 2. The molecule has 1 amide bonds. The molecular weight excluding hydrogens is 314 g/mol. The number of hydrogen-bond acceptors (Lipinski definition) is 4. The zero-order valence-corrected chi connectivity index (χ0v) is 14.8. The third kappa shape index (κ3) is 3.59. The zero-order valence-electron chi connectivity index (χ0n) is 14.8. The van der Waals surface area contributed by atoms with Gasteiger partial charge in [-0.25, -0.2) is 0 Å². The van der Waals surface area contributed by atoms with E-state index in [9.17, 15) is 4.79 Å². The van der Waals surface area contributed by atoms with E-state index in [1.165, 1.54) is 0 Å². The Morgan fingerprint density at radius 3 is 2.40 bits per heavy atom. The lowest BCUT2D eigenvalue weighted by molar-refractivity contribution is -0.114. The van der Waals surface area contributed by atoms with Crippen LogP contribution in [0.15, 0.2) is 74.7 Å². The fourth-order valence-corrected chi connectivity index (χ4v) is 2.48. The third-order valence-corrected chi connectivity index (χ3v) is 3.94. The zero-order chi connectivity index (χ0) is 18.0. The highest BCUT2D eigenvalue weighted by molar-refractivity contribution is 6.04. The van der Waals surface area contributed by atoms with Crippen LogP contribution >= 0.6 is 0 Å². The molecule has 0 N–H and O–H groups in total. The van der Waals surface area contributed by atoms with Crippen LogP contribution in [-0.2, 0) is 4.79 Å². The van der Waals surface area contributed by atoms with Gasteiger partial charge in [-0.05, 0) is 24.6 Å². The Kier molecular flexibility index (Phi) is 4.37. The standard InChI is InChI=1S/C19H20N5O/c1-13-8-5-6-11-16(13)17-18(19(25)23-21-17)22-20-14-9-7-10-15(12-14)24(2,3)4/h5-12H,1-4H3/q+1. The molecule has 3 rings (SSSR count). The van der Waals surface area contributed by atoms with E-state index in [4.69, 9.17) is 0 Å². The molecule has 1 aliphatic rings. The number of carbonyl (C=O) groups is 1. The van der Waals surface area contributed by atoms with Gasteiger partial charge in [0.25, 0.3) is 0 Å². The molecule has 6 heteroatoms. The Balaban J connectivity index is 1.98. The summed E-state index contributed by atoms with van der Waals surface area (Å²) in [5.41, 5.74) is 4.26. The fourth-order valence-electron chi connectivity index (χ4n) is 2.48. The molecule has 0 unspecified atom stereocenters. The van der Waals surface area contributed by atoms with Crippen LogP contribution in [0.3, 0.4) is 0 Å². The Morgan fingerprint density at radius 2 is 1.68 bits per heavy atom. The number of aryl methyl sites for hydroxylation is 1. The van der Waals surface area contributed by atoms with Crippen molar-refractivity contribution in [3.05, 3.63) is 65.4 Å². The van der Waals surface area contributed by atoms with Crippen LogP contribution < -0.4 is 4.48 Å². The second-order valence-electron chi connectivity index (χ2n) is 6.75. The van der Waals surface area contributed by atoms with Crippen LogP contribution in [0.25, 0.3) is 5.70 Å². The maximum Gasteiger partial charge on any atom is 0.318 e. The first-order chi connectivity index (χ1) is 11.9. The molecule has 0 radical (unpaired) electrons. The summed E-state index contributed by atoms with van der Waals surface area (Å²) >= 11 is 0. The van der Waals surface area contributed by atoms with Gasteiger partial charge in [0, 0.05) is 11.6 Å². The Morgan fingerprint density at radius 1 is 0.920 bits per heavy atom. The number of carbonyl (C=O) groups excluding carboxylic acids is 1. The number of rotatable bonds is 4. The molecule has 1 heterocycles. The van der Waals surface area contributed by atoms with E-state index in [0.717, 1.165) is 16.8 Å². The predicted molar refractivity (Wildman–Crippen MR) is 98.5 cm³/mol. The van der Waals surface area contributed by atoms with E-state index in [2.05, 4.69) is 41.6 Å². The molecule has 2 aromatic carbocycles. The Bertz CT molecular complexity index is 919. The summed E-state index contributed by atoms with van der Waals surface area (Å²) in [6, 6.07) is 15.4. The van der Waals surface area contributed by atoms with Crippen LogP contribution in [0, 0.1) is 6.92 Å². The monoisotopic (exact) mass is 334 g/mol. The van der Waals surface area contributed by atoms with Crippen molar-refractivity contribution in [3.8, 4) is 0 Å². The van der Waals surface area contributed by atoms with Crippen molar-refractivity contribution in [1.82, 2.24) is 4.48 Å². The lowest BCUT2D eigenvalue weighted by Gasteiger charge is -2.23. The largest absolute Gasteiger partial charge is 0.318 e. The molecule has 0 bridgehead atoms. The minimum atomic E-state index is -0.468. The first-order valence-corrected chi connectivity index (χ1v) is 7.96. The van der Waals surface area contributed by atoms with Crippen LogP contribution in [0.5, 0.6) is 0 Å². The second kappa shape index (κ2) is 6.49. The summed E-state index contributed by atoms with van der Waals surface area (Å²) < 4.78 is 0.671. The summed E-state index contributed by atoms with van der Waals surface area (Å²) in [7, 11) is 6.23. The topological polar surface area (TPSA) is 66.5 Å². The minimum absolute atomic E-state index is 0.171. The SMILES string of the molecule is Cc1ccccc1C1=C(N=Nc2cccc([N+](C)(C)C)c2)C(=O)N=N1. The van der Waals surface area contributed by atoms with E-state index >= 15 is 0 Å². The van der Waals surface area contributed by atoms with Crippen LogP contribution in [0.1, 0.15) is 11.1 Å². The van der Waals surface area contributed by atoms with Gasteiger partial charge in [-0.15, -0.1) is 15.3 Å². The number of benzene rings is 2. The number of nitrogens with zero attached hydrogens (tertiary/aromatic N) is 5. The van der Waals surface area contributed by atoms with Gasteiger partial charge in [0.2, 0.25) is 0 Å². The molecule has 0 aliphatic carbocycles. The smallest absolute Gasteiger partial charge is 0.298 e. The molecule has 0 saturated heterocycles. The van der Waals surface area contributed by atoms with Gasteiger partial charge in [0.05, 0.1) is 26.8 Å². The Hall–Kier alpha value is -2.99. The molecule has 25 heavy (non-hydrogen) atoms. The third-order valence-electron chi connectivity index (χ3n) is 3.94. The molecule has 6 nitrogen and oxygen atoms in total. The van der Waals surface area contributed by atoms with E-state index in [1.54, 1.807) is 0 Å². The highest BCUT2D eigenvalue weighted by Gasteiger charge is 2.24.